The molecule has 1 unspecified atom stereocenters. The molecule has 3 rings (SSSR count). The molecule has 2 aromatic rings. The average Bonchev–Trinajstić information content (AvgIpc) is 2.41. The van der Waals surface area contributed by atoms with Crippen molar-refractivity contribution in [2.24, 2.45) is 0 Å². The molecule has 1 aliphatic heterocycles. The van der Waals surface area contributed by atoms with E-state index >= 15 is 0 Å². The van der Waals surface area contributed by atoms with Gasteiger partial charge in [0.1, 0.15) is 23.4 Å². The molecule has 0 aliphatic carbocycles. The van der Waals surface area contributed by atoms with Crippen molar-refractivity contribution < 1.29 is 14.9 Å². The van der Waals surface area contributed by atoms with Gasteiger partial charge in [-0.2, -0.15) is 0 Å². The molecule has 3 nitrogen and oxygen atoms in total. The van der Waals surface area contributed by atoms with Crippen molar-refractivity contribution in [2.45, 2.75) is 32.8 Å². The Labute approximate surface area is 118 Å². The molecule has 0 fully saturated rings. The van der Waals surface area contributed by atoms with Gasteiger partial charge < -0.3 is 14.9 Å². The first kappa shape index (κ1) is 12.9. The molecule has 0 saturated heterocycles. The Bertz CT molecular complexity index is 662. The van der Waals surface area contributed by atoms with Gasteiger partial charge in [0.25, 0.3) is 0 Å². The molecule has 20 heavy (non-hydrogen) atoms. The summed E-state index contributed by atoms with van der Waals surface area (Å²) >= 11 is 0. The molecule has 0 aromatic heterocycles. The van der Waals surface area contributed by atoms with Crippen LogP contribution in [-0.4, -0.2) is 10.2 Å². The normalized spacial score (nSPS) is 17.4. The molecule has 0 bridgehead atoms. The van der Waals surface area contributed by atoms with E-state index in [2.05, 4.69) is 0 Å². The summed E-state index contributed by atoms with van der Waals surface area (Å²) in [6.07, 6.45) is 1.72. The summed E-state index contributed by atoms with van der Waals surface area (Å²) in [6.45, 7) is 3.86. The molecule has 1 heterocycles. The van der Waals surface area contributed by atoms with Crippen LogP contribution in [0.2, 0.25) is 0 Å². The van der Waals surface area contributed by atoms with E-state index in [9.17, 15) is 10.2 Å². The number of rotatable bonds is 1. The van der Waals surface area contributed by atoms with Gasteiger partial charge >= 0.3 is 0 Å². The molecule has 0 saturated carbocycles. The standard InChI is InChI=1S/C17H18O3/c1-10-3-4-12(8-15(10)19)16-6-5-14-11(2)7-13(18)9-17(14)20-16/h3-4,7-9,16,18-19H,5-6H2,1-2H3. The van der Waals surface area contributed by atoms with E-state index in [4.69, 9.17) is 4.74 Å². The predicted octanol–water partition coefficient (Wildman–Crippen LogP) is 3.78. The Morgan fingerprint density at radius 3 is 2.60 bits per heavy atom. The van der Waals surface area contributed by atoms with Crippen molar-refractivity contribution in [1.82, 2.24) is 0 Å². The molecular formula is C17H18O3. The molecule has 1 atom stereocenters. The fourth-order valence-corrected chi connectivity index (χ4v) is 2.74. The highest BCUT2D eigenvalue weighted by Gasteiger charge is 2.23. The molecule has 104 valence electrons. The van der Waals surface area contributed by atoms with Gasteiger partial charge in [-0.05, 0) is 61.1 Å². The zero-order valence-electron chi connectivity index (χ0n) is 11.7. The Hall–Kier alpha value is -2.16. The van der Waals surface area contributed by atoms with Crippen molar-refractivity contribution in [1.29, 1.82) is 0 Å². The van der Waals surface area contributed by atoms with Crippen LogP contribution in [0, 0.1) is 13.8 Å². The summed E-state index contributed by atoms with van der Waals surface area (Å²) in [5, 5.41) is 19.5. The van der Waals surface area contributed by atoms with Crippen molar-refractivity contribution >= 4 is 0 Å². The number of aryl methyl sites for hydroxylation is 2. The number of hydrogen-bond acceptors (Lipinski definition) is 3. The van der Waals surface area contributed by atoms with Crippen molar-refractivity contribution in [2.75, 3.05) is 0 Å². The number of hydrogen-bond donors (Lipinski definition) is 2. The first-order chi connectivity index (χ1) is 9.54. The van der Waals surface area contributed by atoms with E-state index in [1.54, 1.807) is 18.2 Å². The molecule has 1 aliphatic rings. The van der Waals surface area contributed by atoms with Crippen LogP contribution >= 0.6 is 0 Å². The smallest absolute Gasteiger partial charge is 0.127 e. The second kappa shape index (κ2) is 4.75. The number of benzene rings is 2. The number of phenolic OH excluding ortho intramolecular Hbond substituents is 2. The van der Waals surface area contributed by atoms with Crippen LogP contribution in [0.4, 0.5) is 0 Å². The van der Waals surface area contributed by atoms with Crippen LogP contribution < -0.4 is 4.74 Å². The fraction of sp³-hybridized carbons (Fsp3) is 0.294. The summed E-state index contributed by atoms with van der Waals surface area (Å²) < 4.78 is 6.00. The molecule has 0 radical (unpaired) electrons. The van der Waals surface area contributed by atoms with E-state index in [0.29, 0.717) is 5.75 Å². The minimum Gasteiger partial charge on any atom is -0.508 e. The first-order valence-electron chi connectivity index (χ1n) is 6.83. The first-order valence-corrected chi connectivity index (χ1v) is 6.83. The highest BCUT2D eigenvalue weighted by atomic mass is 16.5. The van der Waals surface area contributed by atoms with Gasteiger partial charge in [-0.15, -0.1) is 0 Å². The highest BCUT2D eigenvalue weighted by molar-refractivity contribution is 5.47. The van der Waals surface area contributed by atoms with Crippen LogP contribution in [0.3, 0.4) is 0 Å². The lowest BCUT2D eigenvalue weighted by atomic mass is 9.94. The third-order valence-electron chi connectivity index (χ3n) is 3.95. The number of phenols is 2. The third-order valence-corrected chi connectivity index (χ3v) is 3.95. The van der Waals surface area contributed by atoms with Crippen LogP contribution in [0.1, 0.15) is 34.8 Å². The lowest BCUT2D eigenvalue weighted by Crippen LogP contribution is -2.16. The van der Waals surface area contributed by atoms with Gasteiger partial charge in [0.2, 0.25) is 0 Å². The summed E-state index contributed by atoms with van der Waals surface area (Å²) in [7, 11) is 0. The van der Waals surface area contributed by atoms with E-state index in [1.165, 1.54) is 0 Å². The summed E-state index contributed by atoms with van der Waals surface area (Å²) in [5.41, 5.74) is 4.05. The van der Waals surface area contributed by atoms with Crippen LogP contribution in [0.25, 0.3) is 0 Å². The predicted molar refractivity (Wildman–Crippen MR) is 77.4 cm³/mol. The monoisotopic (exact) mass is 270 g/mol. The molecule has 0 spiro atoms. The Morgan fingerprint density at radius 1 is 1.05 bits per heavy atom. The van der Waals surface area contributed by atoms with E-state index < -0.39 is 0 Å². The zero-order valence-corrected chi connectivity index (χ0v) is 11.7. The highest BCUT2D eigenvalue weighted by Crippen LogP contribution is 2.39. The molecule has 0 amide bonds. The molecule has 3 heteroatoms. The number of fused-ring (bicyclic) bond motifs is 1. The van der Waals surface area contributed by atoms with E-state index in [1.807, 2.05) is 26.0 Å². The zero-order chi connectivity index (χ0) is 14.3. The van der Waals surface area contributed by atoms with Crippen LogP contribution in [0.15, 0.2) is 30.3 Å². The number of ether oxygens (including phenoxy) is 1. The van der Waals surface area contributed by atoms with Crippen LogP contribution in [0.5, 0.6) is 17.2 Å². The Kier molecular flexibility index (Phi) is 3.05. The van der Waals surface area contributed by atoms with Crippen LogP contribution in [-0.2, 0) is 6.42 Å². The largest absolute Gasteiger partial charge is 0.508 e. The van der Waals surface area contributed by atoms with Gasteiger partial charge in [0.05, 0.1) is 0 Å². The van der Waals surface area contributed by atoms with Crippen molar-refractivity contribution in [3.63, 3.8) is 0 Å². The maximum atomic E-state index is 9.82. The Morgan fingerprint density at radius 2 is 1.85 bits per heavy atom. The molecule has 2 N–H and O–H groups in total. The van der Waals surface area contributed by atoms with Crippen molar-refractivity contribution in [3.8, 4) is 17.2 Å². The Balaban J connectivity index is 1.93. The lowest BCUT2D eigenvalue weighted by molar-refractivity contribution is 0.175. The number of aromatic hydroxyl groups is 2. The summed E-state index contributed by atoms with van der Waals surface area (Å²) in [5.74, 6) is 1.27. The van der Waals surface area contributed by atoms with E-state index in [0.717, 1.165) is 40.8 Å². The van der Waals surface area contributed by atoms with E-state index in [-0.39, 0.29) is 11.9 Å². The molecule has 2 aromatic carbocycles. The third kappa shape index (κ3) is 2.20. The van der Waals surface area contributed by atoms with Gasteiger partial charge in [0.15, 0.2) is 0 Å². The minimum atomic E-state index is -0.0739. The fourth-order valence-electron chi connectivity index (χ4n) is 2.74. The lowest BCUT2D eigenvalue weighted by Gasteiger charge is -2.28. The van der Waals surface area contributed by atoms with Gasteiger partial charge in [-0.25, -0.2) is 0 Å². The van der Waals surface area contributed by atoms with Crippen molar-refractivity contribution in [3.05, 3.63) is 52.6 Å². The second-order valence-corrected chi connectivity index (χ2v) is 5.43. The molecular weight excluding hydrogens is 252 g/mol. The maximum Gasteiger partial charge on any atom is 0.127 e. The van der Waals surface area contributed by atoms with Gasteiger partial charge in [-0.3, -0.25) is 0 Å². The summed E-state index contributed by atoms with van der Waals surface area (Å²) in [4.78, 5) is 0. The quantitative estimate of drug-likeness (QED) is 0.829. The SMILES string of the molecule is Cc1ccc(C2CCc3c(C)cc(O)cc3O2)cc1O. The topological polar surface area (TPSA) is 49.7 Å². The maximum absolute atomic E-state index is 9.82. The van der Waals surface area contributed by atoms with Gasteiger partial charge in [-0.1, -0.05) is 12.1 Å². The van der Waals surface area contributed by atoms with Gasteiger partial charge in [0, 0.05) is 6.07 Å². The second-order valence-electron chi connectivity index (χ2n) is 5.43. The average molecular weight is 270 g/mol. The minimum absolute atomic E-state index is 0.0739. The summed E-state index contributed by atoms with van der Waals surface area (Å²) in [6, 6.07) is 9.08.